The van der Waals surface area contributed by atoms with Crippen LogP contribution < -0.4 is 10.2 Å². The van der Waals surface area contributed by atoms with Crippen molar-refractivity contribution in [3.8, 4) is 0 Å². The van der Waals surface area contributed by atoms with E-state index in [0.29, 0.717) is 17.4 Å². The Morgan fingerprint density at radius 1 is 0.515 bits per heavy atom. The number of aliphatic hydroxyl groups excluding tert-OH is 1. The quantitative estimate of drug-likeness (QED) is 0.0272. The molecule has 0 aliphatic carbocycles. The number of hydrogen-bond donors (Lipinski definition) is 2. The van der Waals surface area contributed by atoms with Crippen molar-refractivity contribution in [3.05, 3.63) is 36.5 Å². The van der Waals surface area contributed by atoms with Gasteiger partial charge < -0.3 is 28.8 Å². The summed E-state index contributed by atoms with van der Waals surface area (Å²) in [5, 5.41) is 13.9. The number of phosphoric acid groups is 1. The average Bonchev–Trinajstić information content (AvgIpc) is 3.28. The Morgan fingerprint density at radius 2 is 0.848 bits per heavy atom. The highest BCUT2D eigenvalue weighted by Gasteiger charge is 2.23. The highest BCUT2D eigenvalue weighted by Crippen LogP contribution is 2.38. The first kappa shape index (κ1) is 64.7. The van der Waals surface area contributed by atoms with Crippen LogP contribution in [0.2, 0.25) is 0 Å². The monoisotopic (exact) mass is 951 g/mol. The van der Waals surface area contributed by atoms with E-state index in [0.717, 1.165) is 44.9 Å². The van der Waals surface area contributed by atoms with Crippen LogP contribution in [0.1, 0.15) is 271 Å². The number of hydrogen-bond acceptors (Lipinski definition) is 6. The van der Waals surface area contributed by atoms with Crippen molar-refractivity contribution in [1.29, 1.82) is 0 Å². The van der Waals surface area contributed by atoms with Crippen LogP contribution >= 0.6 is 7.82 Å². The second-order valence-corrected chi connectivity index (χ2v) is 22.0. The predicted octanol–water partition coefficient (Wildman–Crippen LogP) is 16.4. The van der Waals surface area contributed by atoms with Crippen LogP contribution in [0.25, 0.3) is 0 Å². The standard InChI is InChI=1S/C57H111N2O6P/c1-6-8-10-12-14-16-18-20-22-24-26-27-28-29-30-31-32-33-34-36-38-40-42-44-46-48-50-56(60)55(54-65-66(62,63)64-53-52-59(3,4)5)58-57(61)51-49-47-45-43-41-39-37-35-25-23-21-19-17-15-13-11-9-7-2/h33-34,40,42,48,50,55-56,60H,6-32,35-39,41,43-47,49,51-54H2,1-5H3,(H-,58,61,62,63)/b34-33+,42-40+,50-48+. The Balaban J connectivity index is 4.28. The molecule has 0 bridgehead atoms. The number of rotatable bonds is 52. The first-order valence-electron chi connectivity index (χ1n) is 28.4. The maximum absolute atomic E-state index is 12.9. The molecular formula is C57H111N2O6P. The van der Waals surface area contributed by atoms with E-state index in [2.05, 4.69) is 43.5 Å². The molecule has 3 unspecified atom stereocenters. The van der Waals surface area contributed by atoms with Gasteiger partial charge in [-0.3, -0.25) is 9.36 Å². The zero-order chi connectivity index (χ0) is 48.5. The first-order valence-corrected chi connectivity index (χ1v) is 29.8. The fourth-order valence-electron chi connectivity index (χ4n) is 8.36. The van der Waals surface area contributed by atoms with Gasteiger partial charge in [-0.1, -0.05) is 256 Å². The van der Waals surface area contributed by atoms with E-state index >= 15 is 0 Å². The lowest BCUT2D eigenvalue weighted by molar-refractivity contribution is -0.870. The van der Waals surface area contributed by atoms with Gasteiger partial charge in [-0.05, 0) is 44.9 Å². The van der Waals surface area contributed by atoms with Crippen molar-refractivity contribution < 1.29 is 32.9 Å². The Morgan fingerprint density at radius 3 is 1.23 bits per heavy atom. The summed E-state index contributed by atoms with van der Waals surface area (Å²) in [5.41, 5.74) is 0. The molecule has 0 saturated heterocycles. The summed E-state index contributed by atoms with van der Waals surface area (Å²) in [6.45, 7) is 4.65. The van der Waals surface area contributed by atoms with Gasteiger partial charge in [0.05, 0.1) is 39.9 Å². The first-order chi connectivity index (χ1) is 32.0. The summed E-state index contributed by atoms with van der Waals surface area (Å²) in [5.74, 6) is -0.207. The molecular weight excluding hydrogens is 840 g/mol. The van der Waals surface area contributed by atoms with E-state index in [1.165, 1.54) is 205 Å². The molecule has 0 aliphatic rings. The molecule has 0 spiro atoms. The van der Waals surface area contributed by atoms with Crippen molar-refractivity contribution >= 4 is 13.7 Å². The molecule has 0 aromatic rings. The number of amides is 1. The van der Waals surface area contributed by atoms with Crippen LogP contribution in [0.15, 0.2) is 36.5 Å². The minimum absolute atomic E-state index is 0.00743. The van der Waals surface area contributed by atoms with Gasteiger partial charge in [0, 0.05) is 6.42 Å². The maximum atomic E-state index is 12.9. The van der Waals surface area contributed by atoms with Gasteiger partial charge in [-0.15, -0.1) is 0 Å². The SMILES string of the molecule is CCCCCCCCCCCCCCCCCC/C=C/CC/C=C/CC/C=C/C(O)C(COP(=O)([O-])OCC[N+](C)(C)C)NC(=O)CCCCCCCCCCCCCCCCCCCC. The average molecular weight is 951 g/mol. The molecule has 1 amide bonds. The van der Waals surface area contributed by atoms with Crippen LogP contribution in [-0.4, -0.2) is 68.5 Å². The molecule has 0 aliphatic heterocycles. The van der Waals surface area contributed by atoms with Crippen molar-refractivity contribution in [2.24, 2.45) is 0 Å². The second kappa shape index (κ2) is 48.7. The van der Waals surface area contributed by atoms with E-state index in [-0.39, 0.29) is 12.5 Å². The van der Waals surface area contributed by atoms with Gasteiger partial charge in [0.25, 0.3) is 7.82 Å². The molecule has 390 valence electrons. The lowest BCUT2D eigenvalue weighted by Gasteiger charge is -2.29. The summed E-state index contributed by atoms with van der Waals surface area (Å²) >= 11 is 0. The molecule has 3 atom stereocenters. The van der Waals surface area contributed by atoms with Gasteiger partial charge in [-0.2, -0.15) is 0 Å². The normalized spacial score (nSPS) is 14.2. The third kappa shape index (κ3) is 50.6. The van der Waals surface area contributed by atoms with Crippen molar-refractivity contribution in [1.82, 2.24) is 5.32 Å². The number of carbonyl (C=O) groups excluding carboxylic acids is 1. The van der Waals surface area contributed by atoms with E-state index in [1.807, 2.05) is 27.2 Å². The van der Waals surface area contributed by atoms with Crippen LogP contribution in [0.3, 0.4) is 0 Å². The summed E-state index contributed by atoms with van der Waals surface area (Å²) in [4.78, 5) is 25.5. The van der Waals surface area contributed by atoms with Crippen LogP contribution in [0.4, 0.5) is 0 Å². The summed E-state index contributed by atoms with van der Waals surface area (Å²) in [6, 6.07) is -0.907. The van der Waals surface area contributed by atoms with E-state index in [9.17, 15) is 19.4 Å². The third-order valence-corrected chi connectivity index (χ3v) is 13.8. The Hall–Kier alpha value is -1.28. The predicted molar refractivity (Wildman–Crippen MR) is 284 cm³/mol. The lowest BCUT2D eigenvalue weighted by Crippen LogP contribution is -2.45. The number of carbonyl (C=O) groups is 1. The van der Waals surface area contributed by atoms with Gasteiger partial charge in [0.1, 0.15) is 13.2 Å². The smallest absolute Gasteiger partial charge is 0.268 e. The van der Waals surface area contributed by atoms with Crippen molar-refractivity contribution in [3.63, 3.8) is 0 Å². The fraction of sp³-hybridized carbons (Fsp3) is 0.877. The number of phosphoric ester groups is 1. The molecule has 0 aromatic heterocycles. The summed E-state index contributed by atoms with van der Waals surface area (Å²) < 4.78 is 23.3. The molecule has 2 N–H and O–H groups in total. The number of unbranched alkanes of at least 4 members (excludes halogenated alkanes) is 35. The van der Waals surface area contributed by atoms with Crippen LogP contribution in [-0.2, 0) is 18.4 Å². The van der Waals surface area contributed by atoms with Crippen LogP contribution in [0.5, 0.6) is 0 Å². The number of likely N-dealkylation sites (N-methyl/N-ethyl adjacent to an activating group) is 1. The van der Waals surface area contributed by atoms with Crippen LogP contribution in [0, 0.1) is 0 Å². The van der Waals surface area contributed by atoms with E-state index < -0.39 is 26.6 Å². The molecule has 0 aromatic carbocycles. The molecule has 0 saturated carbocycles. The maximum Gasteiger partial charge on any atom is 0.268 e. The third-order valence-electron chi connectivity index (χ3n) is 12.8. The molecule has 0 radical (unpaired) electrons. The molecule has 8 nitrogen and oxygen atoms in total. The summed E-state index contributed by atoms with van der Waals surface area (Å²) in [7, 11) is 1.24. The van der Waals surface area contributed by atoms with Gasteiger partial charge in [0.2, 0.25) is 5.91 Å². The van der Waals surface area contributed by atoms with Crippen molar-refractivity contribution in [2.75, 3.05) is 40.9 Å². The van der Waals surface area contributed by atoms with Crippen molar-refractivity contribution in [2.45, 2.75) is 283 Å². The highest BCUT2D eigenvalue weighted by molar-refractivity contribution is 7.45. The minimum atomic E-state index is -4.61. The van der Waals surface area contributed by atoms with Gasteiger partial charge >= 0.3 is 0 Å². The Bertz CT molecular complexity index is 1170. The largest absolute Gasteiger partial charge is 0.756 e. The fourth-order valence-corrected chi connectivity index (χ4v) is 9.09. The zero-order valence-corrected chi connectivity index (χ0v) is 45.3. The number of aliphatic hydroxyl groups is 1. The Kier molecular flexibility index (Phi) is 47.8. The molecule has 0 fully saturated rings. The molecule has 0 heterocycles. The van der Waals surface area contributed by atoms with Gasteiger partial charge in [-0.25, -0.2) is 0 Å². The molecule has 66 heavy (non-hydrogen) atoms. The number of nitrogens with zero attached hydrogens (tertiary/aromatic N) is 1. The minimum Gasteiger partial charge on any atom is -0.756 e. The lowest BCUT2D eigenvalue weighted by atomic mass is 10.0. The van der Waals surface area contributed by atoms with E-state index in [4.69, 9.17) is 9.05 Å². The molecule has 0 rings (SSSR count). The topological polar surface area (TPSA) is 108 Å². The Labute approximate surface area is 410 Å². The highest BCUT2D eigenvalue weighted by atomic mass is 31.2. The van der Waals surface area contributed by atoms with Gasteiger partial charge in [0.15, 0.2) is 0 Å². The van der Waals surface area contributed by atoms with E-state index in [1.54, 1.807) is 6.08 Å². The zero-order valence-electron chi connectivity index (χ0n) is 44.4. The summed E-state index contributed by atoms with van der Waals surface area (Å²) in [6.07, 6.45) is 62.2. The number of nitrogens with one attached hydrogen (secondary N) is 1. The number of quaternary nitrogens is 1. The number of allylic oxidation sites excluding steroid dienone is 5. The molecule has 9 heteroatoms. The second-order valence-electron chi connectivity index (χ2n) is 20.6.